The molecule has 1 saturated carbocycles. The number of pyridine rings is 1. The first-order valence-electron chi connectivity index (χ1n) is 7.16. The van der Waals surface area contributed by atoms with Gasteiger partial charge in [0.15, 0.2) is 0 Å². The Morgan fingerprint density at radius 2 is 2.16 bits per heavy atom. The number of nitrogens with one attached hydrogen (secondary N) is 1. The summed E-state index contributed by atoms with van der Waals surface area (Å²) in [6, 6.07) is 3.81. The van der Waals surface area contributed by atoms with Crippen LogP contribution in [-0.4, -0.2) is 22.1 Å². The molecule has 1 aromatic heterocycles. The highest BCUT2D eigenvalue weighted by molar-refractivity contribution is 5.87. The second-order valence-electron chi connectivity index (χ2n) is 5.29. The number of carboxylic acid groups (broad SMARTS) is 1. The van der Waals surface area contributed by atoms with Crippen LogP contribution in [0.5, 0.6) is 0 Å². The van der Waals surface area contributed by atoms with E-state index >= 15 is 0 Å². The second-order valence-corrected chi connectivity index (χ2v) is 5.29. The zero-order valence-electron chi connectivity index (χ0n) is 11.4. The van der Waals surface area contributed by atoms with Gasteiger partial charge in [-0.25, -0.2) is 9.78 Å². The smallest absolute Gasteiger partial charge is 0.337 e. The first-order valence-corrected chi connectivity index (χ1v) is 7.16. The van der Waals surface area contributed by atoms with Crippen LogP contribution >= 0.6 is 0 Å². The number of nitrogens with zero attached hydrogens (tertiary/aromatic N) is 1. The number of aromatic carboxylic acids is 1. The van der Waals surface area contributed by atoms with Crippen LogP contribution in [0.3, 0.4) is 0 Å². The molecule has 1 aromatic rings. The minimum Gasteiger partial charge on any atom is -0.478 e. The van der Waals surface area contributed by atoms with E-state index < -0.39 is 5.97 Å². The number of hydrogen-bond acceptors (Lipinski definition) is 3. The summed E-state index contributed by atoms with van der Waals surface area (Å²) in [5, 5.41) is 12.3. The topological polar surface area (TPSA) is 62.2 Å². The molecule has 0 radical (unpaired) electrons. The normalized spacial score (nSPS) is 17.9. The molecular formula is C15H22N2O2. The lowest BCUT2D eigenvalue weighted by Crippen LogP contribution is -2.30. The standard InChI is InChI=1S/C15H22N2O2/c1-2-13(11-6-4-3-5-7-11)17-14-9-8-12(10-16-14)15(18)19/h8-11,13H,2-7H2,1H3,(H,16,17)(H,18,19). The van der Waals surface area contributed by atoms with Crippen molar-refractivity contribution in [2.75, 3.05) is 5.32 Å². The van der Waals surface area contributed by atoms with Gasteiger partial charge >= 0.3 is 5.97 Å². The molecule has 0 saturated heterocycles. The van der Waals surface area contributed by atoms with E-state index in [1.807, 2.05) is 0 Å². The quantitative estimate of drug-likeness (QED) is 0.851. The van der Waals surface area contributed by atoms with Crippen molar-refractivity contribution in [1.82, 2.24) is 4.98 Å². The molecule has 19 heavy (non-hydrogen) atoms. The Bertz CT molecular complexity index is 411. The van der Waals surface area contributed by atoms with Crippen molar-refractivity contribution in [3.63, 3.8) is 0 Å². The molecule has 1 aliphatic rings. The van der Waals surface area contributed by atoms with E-state index in [2.05, 4.69) is 17.2 Å². The summed E-state index contributed by atoms with van der Waals surface area (Å²) in [5.41, 5.74) is 0.233. The van der Waals surface area contributed by atoms with Crippen LogP contribution in [0.15, 0.2) is 18.3 Å². The molecule has 104 valence electrons. The van der Waals surface area contributed by atoms with Gasteiger partial charge in [0.05, 0.1) is 5.56 Å². The Balaban J connectivity index is 1.99. The third kappa shape index (κ3) is 3.69. The molecule has 0 amide bonds. The Kier molecular flexibility index (Phi) is 4.77. The molecule has 4 nitrogen and oxygen atoms in total. The van der Waals surface area contributed by atoms with Crippen LogP contribution in [0.2, 0.25) is 0 Å². The van der Waals surface area contributed by atoms with Gasteiger partial charge in [-0.2, -0.15) is 0 Å². The summed E-state index contributed by atoms with van der Waals surface area (Å²) in [7, 11) is 0. The molecular weight excluding hydrogens is 240 g/mol. The van der Waals surface area contributed by atoms with E-state index in [0.29, 0.717) is 6.04 Å². The molecule has 0 aromatic carbocycles. The molecule has 0 aliphatic heterocycles. The van der Waals surface area contributed by atoms with Crippen LogP contribution in [0, 0.1) is 5.92 Å². The van der Waals surface area contributed by atoms with Gasteiger partial charge in [-0.1, -0.05) is 26.2 Å². The van der Waals surface area contributed by atoms with Crippen molar-refractivity contribution < 1.29 is 9.90 Å². The SMILES string of the molecule is CCC(Nc1ccc(C(=O)O)cn1)C1CCCCC1. The minimum absolute atomic E-state index is 0.233. The fourth-order valence-electron chi connectivity index (χ4n) is 2.89. The van der Waals surface area contributed by atoms with Crippen molar-refractivity contribution in [2.24, 2.45) is 5.92 Å². The van der Waals surface area contributed by atoms with Crippen molar-refractivity contribution in [2.45, 2.75) is 51.5 Å². The third-order valence-electron chi connectivity index (χ3n) is 4.00. The van der Waals surface area contributed by atoms with E-state index in [9.17, 15) is 4.79 Å². The molecule has 1 atom stereocenters. The maximum Gasteiger partial charge on any atom is 0.337 e. The van der Waals surface area contributed by atoms with Crippen molar-refractivity contribution in [1.29, 1.82) is 0 Å². The highest BCUT2D eigenvalue weighted by Gasteiger charge is 2.22. The van der Waals surface area contributed by atoms with Crippen LogP contribution in [0.25, 0.3) is 0 Å². The number of carbonyl (C=O) groups is 1. The van der Waals surface area contributed by atoms with Gasteiger partial charge in [0, 0.05) is 12.2 Å². The Morgan fingerprint density at radius 3 is 2.68 bits per heavy atom. The predicted molar refractivity (Wildman–Crippen MR) is 75.5 cm³/mol. The number of carboxylic acids is 1. The van der Waals surface area contributed by atoms with Gasteiger partial charge < -0.3 is 10.4 Å². The maximum atomic E-state index is 10.8. The monoisotopic (exact) mass is 262 g/mol. The van der Waals surface area contributed by atoms with Crippen molar-refractivity contribution >= 4 is 11.8 Å². The zero-order valence-corrected chi connectivity index (χ0v) is 11.4. The Hall–Kier alpha value is -1.58. The molecule has 2 rings (SSSR count). The van der Waals surface area contributed by atoms with E-state index in [1.54, 1.807) is 12.1 Å². The summed E-state index contributed by atoms with van der Waals surface area (Å²) < 4.78 is 0. The predicted octanol–water partition coefficient (Wildman–Crippen LogP) is 3.55. The Morgan fingerprint density at radius 1 is 1.42 bits per heavy atom. The van der Waals surface area contributed by atoms with Crippen molar-refractivity contribution in [3.8, 4) is 0 Å². The van der Waals surface area contributed by atoms with Crippen LogP contribution in [-0.2, 0) is 0 Å². The Labute approximate surface area is 114 Å². The fraction of sp³-hybridized carbons (Fsp3) is 0.600. The molecule has 4 heteroatoms. The molecule has 1 fully saturated rings. The lowest BCUT2D eigenvalue weighted by molar-refractivity contribution is 0.0696. The summed E-state index contributed by atoms with van der Waals surface area (Å²) in [6.07, 6.45) is 9.09. The average Bonchev–Trinajstić information content (AvgIpc) is 2.46. The third-order valence-corrected chi connectivity index (χ3v) is 4.00. The van der Waals surface area contributed by atoms with Crippen molar-refractivity contribution in [3.05, 3.63) is 23.9 Å². The molecule has 1 aliphatic carbocycles. The van der Waals surface area contributed by atoms with E-state index in [0.717, 1.165) is 18.2 Å². The lowest BCUT2D eigenvalue weighted by atomic mass is 9.83. The highest BCUT2D eigenvalue weighted by Crippen LogP contribution is 2.29. The van der Waals surface area contributed by atoms with E-state index in [4.69, 9.17) is 5.11 Å². The van der Waals surface area contributed by atoms with Gasteiger partial charge in [-0.05, 0) is 37.3 Å². The summed E-state index contributed by atoms with van der Waals surface area (Å²) in [4.78, 5) is 15.0. The van der Waals surface area contributed by atoms with Gasteiger partial charge in [0.25, 0.3) is 0 Å². The fourth-order valence-corrected chi connectivity index (χ4v) is 2.89. The van der Waals surface area contributed by atoms with Gasteiger partial charge in [0.1, 0.15) is 5.82 Å². The zero-order chi connectivity index (χ0) is 13.7. The molecule has 0 bridgehead atoms. The van der Waals surface area contributed by atoms with Gasteiger partial charge in [-0.15, -0.1) is 0 Å². The summed E-state index contributed by atoms with van der Waals surface area (Å²) >= 11 is 0. The molecule has 1 unspecified atom stereocenters. The minimum atomic E-state index is -0.932. The molecule has 0 spiro atoms. The van der Waals surface area contributed by atoms with Crippen LogP contribution in [0.1, 0.15) is 55.8 Å². The van der Waals surface area contributed by atoms with E-state index in [1.165, 1.54) is 38.3 Å². The summed E-state index contributed by atoms with van der Waals surface area (Å²) in [5.74, 6) is 0.570. The first-order chi connectivity index (χ1) is 9.20. The first kappa shape index (κ1) is 13.8. The number of anilines is 1. The number of hydrogen-bond donors (Lipinski definition) is 2. The van der Waals surface area contributed by atoms with E-state index in [-0.39, 0.29) is 5.56 Å². The van der Waals surface area contributed by atoms with Crippen LogP contribution in [0.4, 0.5) is 5.82 Å². The average molecular weight is 262 g/mol. The number of aromatic nitrogens is 1. The van der Waals surface area contributed by atoms with Gasteiger partial charge in [0.2, 0.25) is 0 Å². The molecule has 1 heterocycles. The molecule has 2 N–H and O–H groups in total. The maximum absolute atomic E-state index is 10.8. The lowest BCUT2D eigenvalue weighted by Gasteiger charge is -2.30. The van der Waals surface area contributed by atoms with Crippen LogP contribution < -0.4 is 5.32 Å². The number of rotatable bonds is 5. The summed E-state index contributed by atoms with van der Waals surface area (Å²) in [6.45, 7) is 2.19. The highest BCUT2D eigenvalue weighted by atomic mass is 16.4. The largest absolute Gasteiger partial charge is 0.478 e. The van der Waals surface area contributed by atoms with Gasteiger partial charge in [-0.3, -0.25) is 0 Å². The second kappa shape index (κ2) is 6.55.